The molecule has 0 aliphatic rings. The molecule has 0 amide bonds. The van der Waals surface area contributed by atoms with E-state index in [2.05, 4.69) is 5.10 Å². The molecule has 0 atom stereocenters. The number of esters is 1. The van der Waals surface area contributed by atoms with Gasteiger partial charge in [0.1, 0.15) is 11.6 Å². The summed E-state index contributed by atoms with van der Waals surface area (Å²) >= 11 is 0. The Morgan fingerprint density at radius 3 is 2.68 bits per heavy atom. The number of carbonyl (C=O) groups is 2. The number of carbonyl (C=O) groups excluding carboxylic acids is 2. The molecule has 0 aliphatic heterocycles. The zero-order chi connectivity index (χ0) is 18.2. The third kappa shape index (κ3) is 4.78. The molecular weight excluding hydrogens is 322 g/mol. The van der Waals surface area contributed by atoms with E-state index in [0.717, 1.165) is 5.56 Å². The van der Waals surface area contributed by atoms with Gasteiger partial charge in [-0.2, -0.15) is 10.4 Å². The molecule has 128 valence electrons. The SMILES string of the molecule is CCOC(=O)/C(C#N)=C/c1cn(CCC(=O)[O-])nc1-c1ccccc1. The molecule has 0 spiro atoms. The van der Waals surface area contributed by atoms with Gasteiger partial charge in [-0.3, -0.25) is 4.68 Å². The highest BCUT2D eigenvalue weighted by Gasteiger charge is 2.15. The lowest BCUT2D eigenvalue weighted by Gasteiger charge is -2.02. The maximum Gasteiger partial charge on any atom is 0.348 e. The first-order valence-corrected chi connectivity index (χ1v) is 7.66. The predicted octanol–water partition coefficient (Wildman–Crippen LogP) is 1.16. The second-order valence-electron chi connectivity index (χ2n) is 5.07. The second kappa shape index (κ2) is 8.45. The number of hydrogen-bond acceptors (Lipinski definition) is 6. The summed E-state index contributed by atoms with van der Waals surface area (Å²) in [5, 5.41) is 24.2. The Balaban J connectivity index is 2.45. The van der Waals surface area contributed by atoms with Gasteiger partial charge in [0.25, 0.3) is 0 Å². The van der Waals surface area contributed by atoms with Gasteiger partial charge in [0.15, 0.2) is 0 Å². The van der Waals surface area contributed by atoms with E-state index in [9.17, 15) is 20.0 Å². The van der Waals surface area contributed by atoms with Crippen LogP contribution < -0.4 is 5.11 Å². The zero-order valence-corrected chi connectivity index (χ0v) is 13.6. The van der Waals surface area contributed by atoms with Crippen molar-refractivity contribution in [3.05, 3.63) is 47.7 Å². The van der Waals surface area contributed by atoms with E-state index < -0.39 is 11.9 Å². The van der Waals surface area contributed by atoms with Crippen LogP contribution in [0.2, 0.25) is 0 Å². The fraction of sp³-hybridized carbons (Fsp3) is 0.222. The monoisotopic (exact) mass is 338 g/mol. The van der Waals surface area contributed by atoms with E-state index in [1.165, 1.54) is 10.8 Å². The van der Waals surface area contributed by atoms with Gasteiger partial charge in [-0.05, 0) is 13.0 Å². The lowest BCUT2D eigenvalue weighted by atomic mass is 10.1. The standard InChI is InChI=1S/C18H17N3O4/c1-2-25-18(24)14(11-19)10-15-12-21(9-8-16(22)23)20-17(15)13-6-4-3-5-7-13/h3-7,10,12H,2,8-9H2,1H3,(H,22,23)/p-1/b14-10+. The molecule has 0 aliphatic carbocycles. The van der Waals surface area contributed by atoms with Gasteiger partial charge in [-0.15, -0.1) is 0 Å². The number of rotatable bonds is 7. The number of nitrogens with zero attached hydrogens (tertiary/aromatic N) is 3. The van der Waals surface area contributed by atoms with Crippen LogP contribution in [0.3, 0.4) is 0 Å². The van der Waals surface area contributed by atoms with Gasteiger partial charge in [0, 0.05) is 36.3 Å². The molecule has 0 unspecified atom stereocenters. The Bertz CT molecular complexity index is 832. The average Bonchev–Trinajstić information content (AvgIpc) is 3.01. The quantitative estimate of drug-likeness (QED) is 0.426. The first kappa shape index (κ1) is 17.9. The topological polar surface area (TPSA) is 108 Å². The van der Waals surface area contributed by atoms with Crippen molar-refractivity contribution in [2.24, 2.45) is 0 Å². The van der Waals surface area contributed by atoms with Gasteiger partial charge < -0.3 is 14.6 Å². The van der Waals surface area contributed by atoms with Crippen LogP contribution in [-0.2, 0) is 20.9 Å². The molecule has 25 heavy (non-hydrogen) atoms. The Kier molecular flexibility index (Phi) is 6.07. The Morgan fingerprint density at radius 1 is 1.36 bits per heavy atom. The number of aryl methyl sites for hydroxylation is 1. The third-order valence-electron chi connectivity index (χ3n) is 3.30. The molecule has 0 N–H and O–H groups in total. The summed E-state index contributed by atoms with van der Waals surface area (Å²) in [5.41, 5.74) is 1.69. The van der Waals surface area contributed by atoms with E-state index in [0.29, 0.717) is 11.3 Å². The molecular formula is C18H16N3O4-. The van der Waals surface area contributed by atoms with Crippen molar-refractivity contribution in [2.75, 3.05) is 6.61 Å². The molecule has 1 aromatic carbocycles. The van der Waals surface area contributed by atoms with E-state index in [-0.39, 0.29) is 25.1 Å². The van der Waals surface area contributed by atoms with Crippen LogP contribution in [0.5, 0.6) is 0 Å². The van der Waals surface area contributed by atoms with E-state index >= 15 is 0 Å². The molecule has 2 rings (SSSR count). The number of carboxylic acids is 1. The normalized spacial score (nSPS) is 11.0. The van der Waals surface area contributed by atoms with E-state index in [1.807, 2.05) is 36.4 Å². The van der Waals surface area contributed by atoms with Crippen molar-refractivity contribution >= 4 is 18.0 Å². The Hall–Kier alpha value is -3.40. The molecule has 7 heteroatoms. The van der Waals surface area contributed by atoms with Crippen molar-refractivity contribution in [1.29, 1.82) is 5.26 Å². The van der Waals surface area contributed by atoms with Gasteiger partial charge in [0.2, 0.25) is 0 Å². The van der Waals surface area contributed by atoms with E-state index in [1.54, 1.807) is 13.1 Å². The Labute approximate surface area is 144 Å². The smallest absolute Gasteiger partial charge is 0.348 e. The summed E-state index contributed by atoms with van der Waals surface area (Å²) in [6.07, 6.45) is 2.78. The summed E-state index contributed by atoms with van der Waals surface area (Å²) in [5.74, 6) is -1.90. The largest absolute Gasteiger partial charge is 0.550 e. The molecule has 7 nitrogen and oxygen atoms in total. The zero-order valence-electron chi connectivity index (χ0n) is 13.6. The van der Waals surface area contributed by atoms with Crippen molar-refractivity contribution in [1.82, 2.24) is 9.78 Å². The molecule has 0 fully saturated rings. The highest BCUT2D eigenvalue weighted by Crippen LogP contribution is 2.24. The summed E-state index contributed by atoms with van der Waals surface area (Å²) < 4.78 is 6.30. The summed E-state index contributed by atoms with van der Waals surface area (Å²) in [6, 6.07) is 11.0. The van der Waals surface area contributed by atoms with Gasteiger partial charge in [0.05, 0.1) is 12.3 Å². The van der Waals surface area contributed by atoms with Gasteiger partial charge in [-0.25, -0.2) is 4.79 Å². The predicted molar refractivity (Wildman–Crippen MR) is 87.5 cm³/mol. The fourth-order valence-corrected chi connectivity index (χ4v) is 2.18. The van der Waals surface area contributed by atoms with Crippen molar-refractivity contribution in [2.45, 2.75) is 19.9 Å². The molecule has 1 heterocycles. The Morgan fingerprint density at radius 2 is 2.08 bits per heavy atom. The van der Waals surface area contributed by atoms with Crippen LogP contribution in [-0.4, -0.2) is 28.3 Å². The van der Waals surface area contributed by atoms with Crippen LogP contribution in [0.1, 0.15) is 18.9 Å². The minimum Gasteiger partial charge on any atom is -0.550 e. The minimum absolute atomic E-state index is 0.122. The lowest BCUT2D eigenvalue weighted by molar-refractivity contribution is -0.306. The second-order valence-corrected chi connectivity index (χ2v) is 5.07. The molecule has 1 aromatic heterocycles. The highest BCUT2D eigenvalue weighted by atomic mass is 16.5. The number of nitriles is 1. The molecule has 0 saturated heterocycles. The average molecular weight is 338 g/mol. The molecule has 0 bridgehead atoms. The van der Waals surface area contributed by atoms with Gasteiger partial charge in [-0.1, -0.05) is 30.3 Å². The van der Waals surface area contributed by atoms with Crippen LogP contribution >= 0.6 is 0 Å². The van der Waals surface area contributed by atoms with E-state index in [4.69, 9.17) is 4.74 Å². The number of carboxylic acid groups (broad SMARTS) is 1. The minimum atomic E-state index is -1.18. The summed E-state index contributed by atoms with van der Waals surface area (Å²) in [4.78, 5) is 22.5. The fourth-order valence-electron chi connectivity index (χ4n) is 2.18. The third-order valence-corrected chi connectivity index (χ3v) is 3.30. The van der Waals surface area contributed by atoms with Crippen molar-refractivity contribution in [3.8, 4) is 17.3 Å². The number of aromatic nitrogens is 2. The first-order valence-electron chi connectivity index (χ1n) is 7.66. The summed E-state index contributed by atoms with van der Waals surface area (Å²) in [6.45, 7) is 1.94. The number of hydrogen-bond donors (Lipinski definition) is 0. The maximum atomic E-state index is 11.8. The molecule has 2 aromatic rings. The van der Waals surface area contributed by atoms with Crippen LogP contribution in [0, 0.1) is 11.3 Å². The lowest BCUT2D eigenvalue weighted by Crippen LogP contribution is -2.23. The molecule has 0 radical (unpaired) electrons. The van der Waals surface area contributed by atoms with Crippen molar-refractivity contribution < 1.29 is 19.4 Å². The van der Waals surface area contributed by atoms with Crippen LogP contribution in [0.15, 0.2) is 42.1 Å². The number of aliphatic carboxylic acids is 1. The van der Waals surface area contributed by atoms with Crippen LogP contribution in [0.4, 0.5) is 0 Å². The molecule has 0 saturated carbocycles. The van der Waals surface area contributed by atoms with Gasteiger partial charge >= 0.3 is 5.97 Å². The van der Waals surface area contributed by atoms with Crippen molar-refractivity contribution in [3.63, 3.8) is 0 Å². The first-order chi connectivity index (χ1) is 12.0. The maximum absolute atomic E-state index is 11.8. The van der Waals surface area contributed by atoms with Crippen LogP contribution in [0.25, 0.3) is 17.3 Å². The number of ether oxygens (including phenoxy) is 1. The summed E-state index contributed by atoms with van der Waals surface area (Å²) in [7, 11) is 0. The number of benzene rings is 1. The highest BCUT2D eigenvalue weighted by molar-refractivity contribution is 5.98.